The highest BCUT2D eigenvalue weighted by Crippen LogP contribution is 2.35. The molecule has 0 amide bonds. The minimum Gasteiger partial charge on any atom is -0.478 e. The molecule has 6 rings (SSSR count). The van der Waals surface area contributed by atoms with Crippen LogP contribution in [0.2, 0.25) is 5.02 Å². The van der Waals surface area contributed by atoms with Crippen LogP contribution in [-0.4, -0.2) is 28.2 Å². The van der Waals surface area contributed by atoms with E-state index < -0.39 is 18.0 Å². The average Bonchev–Trinajstić information content (AvgIpc) is 3.61. The Morgan fingerprint density at radius 3 is 2.40 bits per heavy atom. The molecular formula is C33H23ClN2O6S. The number of thiazole rings is 1. The summed E-state index contributed by atoms with van der Waals surface area (Å²) in [7, 11) is 0. The lowest BCUT2D eigenvalue weighted by molar-refractivity contribution is -0.138. The number of fused-ring (bicyclic) bond motifs is 1. The lowest BCUT2D eigenvalue weighted by Gasteiger charge is -2.25. The molecule has 1 aliphatic heterocycles. The minimum atomic E-state index is -1.01. The van der Waals surface area contributed by atoms with E-state index in [1.54, 1.807) is 61.5 Å². The van der Waals surface area contributed by atoms with Crippen molar-refractivity contribution in [1.82, 2.24) is 4.57 Å². The number of carbonyl (C=O) groups excluding carboxylic acids is 1. The second-order valence-corrected chi connectivity index (χ2v) is 11.0. The summed E-state index contributed by atoms with van der Waals surface area (Å²) in [5, 5.41) is 9.69. The number of rotatable bonds is 7. The molecule has 0 saturated carbocycles. The van der Waals surface area contributed by atoms with Crippen LogP contribution in [0.1, 0.15) is 40.2 Å². The number of aromatic carboxylic acids is 1. The summed E-state index contributed by atoms with van der Waals surface area (Å²) < 4.78 is 13.3. The number of nitrogens with zero attached hydrogens (tertiary/aromatic N) is 2. The molecule has 0 spiro atoms. The second kappa shape index (κ2) is 11.7. The monoisotopic (exact) mass is 610 g/mol. The van der Waals surface area contributed by atoms with Crippen LogP contribution in [0.4, 0.5) is 0 Å². The second-order valence-electron chi connectivity index (χ2n) is 9.57. The zero-order valence-corrected chi connectivity index (χ0v) is 24.3. The Morgan fingerprint density at radius 2 is 1.72 bits per heavy atom. The van der Waals surface area contributed by atoms with Gasteiger partial charge in [0, 0.05) is 22.2 Å². The quantitative estimate of drug-likeness (QED) is 0.242. The van der Waals surface area contributed by atoms with E-state index in [4.69, 9.17) is 30.9 Å². The maximum atomic E-state index is 14.0. The number of carboxylic acids is 1. The van der Waals surface area contributed by atoms with Gasteiger partial charge in [-0.3, -0.25) is 9.36 Å². The summed E-state index contributed by atoms with van der Waals surface area (Å²) >= 11 is 7.37. The Labute approximate surface area is 254 Å². The molecule has 1 N–H and O–H groups in total. The lowest BCUT2D eigenvalue weighted by atomic mass is 9.93. The van der Waals surface area contributed by atoms with Crippen LogP contribution in [-0.2, 0) is 9.53 Å². The molecule has 0 fully saturated rings. The molecule has 3 heterocycles. The van der Waals surface area contributed by atoms with Crippen LogP contribution in [0.25, 0.3) is 23.1 Å². The number of carboxylic acid groups (broad SMARTS) is 1. The number of halogens is 1. The number of hydrogen-bond donors (Lipinski definition) is 1. The van der Waals surface area contributed by atoms with Gasteiger partial charge < -0.3 is 14.3 Å². The van der Waals surface area contributed by atoms with E-state index in [9.17, 15) is 14.4 Å². The predicted molar refractivity (Wildman–Crippen MR) is 164 cm³/mol. The van der Waals surface area contributed by atoms with E-state index in [0.717, 1.165) is 0 Å². The van der Waals surface area contributed by atoms with Gasteiger partial charge in [-0.05, 0) is 48.9 Å². The van der Waals surface area contributed by atoms with Crippen LogP contribution >= 0.6 is 22.9 Å². The molecule has 5 aromatic rings. The summed E-state index contributed by atoms with van der Waals surface area (Å²) in [5.74, 6) is -0.631. The van der Waals surface area contributed by atoms with Crippen LogP contribution in [0.15, 0.2) is 111 Å². The molecule has 43 heavy (non-hydrogen) atoms. The third kappa shape index (κ3) is 5.48. The number of benzene rings is 3. The zero-order chi connectivity index (χ0) is 30.1. The standard InChI is InChI=1S/C33H23ClN2O6S/c1-2-41-32(40)27-28(20-6-4-3-5-7-20)35-33-36(29(27)21-12-14-23(34)15-13-21)30(37)26(43-33)18-24-16-17-25(42-24)19-8-10-22(11-9-19)31(38)39/h3-18,29H,2H2,1H3,(H,38,39)/b26-18-. The molecule has 2 aromatic heterocycles. The highest BCUT2D eigenvalue weighted by Gasteiger charge is 2.35. The lowest BCUT2D eigenvalue weighted by Crippen LogP contribution is -2.39. The fourth-order valence-electron chi connectivity index (χ4n) is 4.89. The molecule has 1 aliphatic rings. The van der Waals surface area contributed by atoms with Gasteiger partial charge in [-0.1, -0.05) is 77.5 Å². The van der Waals surface area contributed by atoms with Gasteiger partial charge in [0.05, 0.1) is 34.0 Å². The van der Waals surface area contributed by atoms with E-state index >= 15 is 0 Å². The largest absolute Gasteiger partial charge is 0.478 e. The van der Waals surface area contributed by atoms with Gasteiger partial charge in [0.1, 0.15) is 11.5 Å². The molecule has 1 atom stereocenters. The van der Waals surface area contributed by atoms with Gasteiger partial charge >= 0.3 is 11.9 Å². The van der Waals surface area contributed by atoms with E-state index in [0.29, 0.717) is 48.3 Å². The van der Waals surface area contributed by atoms with Crippen LogP contribution in [0.3, 0.4) is 0 Å². The Balaban J connectivity index is 1.52. The van der Waals surface area contributed by atoms with Crippen molar-refractivity contribution in [3.05, 3.63) is 144 Å². The van der Waals surface area contributed by atoms with Crippen molar-refractivity contribution < 1.29 is 23.8 Å². The Morgan fingerprint density at radius 1 is 1.00 bits per heavy atom. The van der Waals surface area contributed by atoms with Crippen LogP contribution in [0, 0.1) is 0 Å². The molecule has 1 unspecified atom stereocenters. The summed E-state index contributed by atoms with van der Waals surface area (Å²) in [6, 6.07) is 25.3. The Bertz CT molecular complexity index is 2060. The normalized spacial score (nSPS) is 14.7. The third-order valence-electron chi connectivity index (χ3n) is 6.88. The number of esters is 1. The van der Waals surface area contributed by atoms with Gasteiger partial charge in [0.2, 0.25) is 0 Å². The average molecular weight is 611 g/mol. The highest BCUT2D eigenvalue weighted by atomic mass is 35.5. The first-order valence-electron chi connectivity index (χ1n) is 13.3. The Kier molecular flexibility index (Phi) is 7.67. The van der Waals surface area contributed by atoms with E-state index in [1.807, 2.05) is 30.3 Å². The number of ether oxygens (including phenoxy) is 1. The molecule has 0 aliphatic carbocycles. The van der Waals surface area contributed by atoms with Crippen molar-refractivity contribution >= 4 is 46.6 Å². The number of carbonyl (C=O) groups is 2. The molecular weight excluding hydrogens is 588 g/mol. The van der Waals surface area contributed by atoms with Crippen molar-refractivity contribution in [2.75, 3.05) is 6.61 Å². The topological polar surface area (TPSA) is 111 Å². The highest BCUT2D eigenvalue weighted by molar-refractivity contribution is 7.07. The summed E-state index contributed by atoms with van der Waals surface area (Å²) in [4.78, 5) is 43.9. The van der Waals surface area contributed by atoms with E-state index in [1.165, 1.54) is 28.0 Å². The van der Waals surface area contributed by atoms with Gasteiger partial charge in [0.25, 0.3) is 5.56 Å². The molecule has 3 aromatic carbocycles. The molecule has 214 valence electrons. The zero-order valence-electron chi connectivity index (χ0n) is 22.7. The first kappa shape index (κ1) is 28.1. The van der Waals surface area contributed by atoms with Crippen molar-refractivity contribution in [1.29, 1.82) is 0 Å². The summed E-state index contributed by atoms with van der Waals surface area (Å²) in [5.41, 5.74) is 2.59. The fraction of sp³-hybridized carbons (Fsp3) is 0.0909. The van der Waals surface area contributed by atoms with Crippen molar-refractivity contribution in [2.24, 2.45) is 4.99 Å². The Hall–Kier alpha value is -4.99. The van der Waals surface area contributed by atoms with Gasteiger partial charge in [-0.2, -0.15) is 0 Å². The van der Waals surface area contributed by atoms with Crippen LogP contribution < -0.4 is 14.9 Å². The third-order valence-corrected chi connectivity index (χ3v) is 8.11. The minimum absolute atomic E-state index is 0.155. The van der Waals surface area contributed by atoms with E-state index in [-0.39, 0.29) is 23.3 Å². The maximum Gasteiger partial charge on any atom is 0.338 e. The molecule has 0 radical (unpaired) electrons. The first-order chi connectivity index (χ1) is 20.8. The molecule has 0 saturated heterocycles. The number of aromatic nitrogens is 1. The van der Waals surface area contributed by atoms with Crippen molar-refractivity contribution in [2.45, 2.75) is 13.0 Å². The van der Waals surface area contributed by atoms with Crippen molar-refractivity contribution in [3.63, 3.8) is 0 Å². The molecule has 0 bridgehead atoms. The molecule has 10 heteroatoms. The maximum absolute atomic E-state index is 14.0. The smallest absolute Gasteiger partial charge is 0.338 e. The van der Waals surface area contributed by atoms with Gasteiger partial charge in [-0.25, -0.2) is 14.6 Å². The number of hydrogen-bond acceptors (Lipinski definition) is 7. The summed E-state index contributed by atoms with van der Waals surface area (Å²) in [6.45, 7) is 1.88. The predicted octanol–water partition coefficient (Wildman–Crippen LogP) is 5.55. The molecule has 8 nitrogen and oxygen atoms in total. The fourth-order valence-corrected chi connectivity index (χ4v) is 6.00. The van der Waals surface area contributed by atoms with E-state index in [2.05, 4.69) is 0 Å². The van der Waals surface area contributed by atoms with Crippen molar-refractivity contribution in [3.8, 4) is 11.3 Å². The van der Waals surface area contributed by atoms with Crippen LogP contribution in [0.5, 0.6) is 0 Å². The van der Waals surface area contributed by atoms with Gasteiger partial charge in [0.15, 0.2) is 4.80 Å². The van der Waals surface area contributed by atoms with Gasteiger partial charge in [-0.15, -0.1) is 0 Å². The number of furan rings is 1. The first-order valence-corrected chi connectivity index (χ1v) is 14.5. The SMILES string of the molecule is CCOC(=O)C1=C(c2ccccc2)N=c2s/c(=C\c3ccc(-c4ccc(C(=O)O)cc4)o3)c(=O)n2C1c1ccc(Cl)cc1. The summed E-state index contributed by atoms with van der Waals surface area (Å²) in [6.07, 6.45) is 1.63.